The minimum atomic E-state index is 0.462. The zero-order chi connectivity index (χ0) is 10.5. The Morgan fingerprint density at radius 2 is 2.07 bits per heavy atom. The first-order valence-electron chi connectivity index (χ1n) is 4.91. The van der Waals surface area contributed by atoms with Gasteiger partial charge in [-0.25, -0.2) is 4.68 Å². The van der Waals surface area contributed by atoms with Crippen molar-refractivity contribution in [1.82, 2.24) is 9.78 Å². The van der Waals surface area contributed by atoms with Crippen molar-refractivity contribution in [2.45, 2.75) is 39.7 Å². The van der Waals surface area contributed by atoms with Gasteiger partial charge in [-0.1, -0.05) is 13.8 Å². The van der Waals surface area contributed by atoms with Gasteiger partial charge in [-0.2, -0.15) is 5.10 Å². The number of anilines is 1. The van der Waals surface area contributed by atoms with Gasteiger partial charge in [0.15, 0.2) is 0 Å². The highest BCUT2D eigenvalue weighted by atomic mass is 79.9. The van der Waals surface area contributed by atoms with Crippen LogP contribution in [0.1, 0.15) is 38.4 Å². The van der Waals surface area contributed by atoms with E-state index in [4.69, 9.17) is 5.73 Å². The first kappa shape index (κ1) is 10.0. The van der Waals surface area contributed by atoms with Crippen LogP contribution in [-0.2, 0) is 0 Å². The minimum Gasteiger partial charge on any atom is -0.383 e. The molecule has 0 unspecified atom stereocenters. The lowest BCUT2D eigenvalue weighted by Gasteiger charge is -2.42. The van der Waals surface area contributed by atoms with Crippen LogP contribution in [0.4, 0.5) is 5.82 Å². The van der Waals surface area contributed by atoms with Crippen molar-refractivity contribution in [3.63, 3.8) is 0 Å². The van der Waals surface area contributed by atoms with Crippen LogP contribution >= 0.6 is 15.9 Å². The third-order valence-electron chi connectivity index (χ3n) is 2.97. The van der Waals surface area contributed by atoms with Crippen molar-refractivity contribution in [2.75, 3.05) is 5.73 Å². The third kappa shape index (κ3) is 1.45. The van der Waals surface area contributed by atoms with Gasteiger partial charge in [0.1, 0.15) is 5.82 Å². The maximum atomic E-state index is 5.96. The van der Waals surface area contributed by atoms with Crippen LogP contribution in [0, 0.1) is 12.3 Å². The van der Waals surface area contributed by atoms with Gasteiger partial charge >= 0.3 is 0 Å². The van der Waals surface area contributed by atoms with E-state index in [9.17, 15) is 0 Å². The second-order valence-corrected chi connectivity index (χ2v) is 5.75. The van der Waals surface area contributed by atoms with E-state index >= 15 is 0 Å². The fourth-order valence-electron chi connectivity index (χ4n) is 2.21. The van der Waals surface area contributed by atoms with Gasteiger partial charge in [0.25, 0.3) is 0 Å². The van der Waals surface area contributed by atoms with Gasteiger partial charge < -0.3 is 5.73 Å². The minimum absolute atomic E-state index is 0.462. The van der Waals surface area contributed by atoms with Crippen molar-refractivity contribution in [3.8, 4) is 0 Å². The van der Waals surface area contributed by atoms with E-state index in [-0.39, 0.29) is 0 Å². The molecule has 1 heterocycles. The number of rotatable bonds is 1. The topological polar surface area (TPSA) is 43.8 Å². The van der Waals surface area contributed by atoms with Crippen LogP contribution in [-0.4, -0.2) is 9.78 Å². The predicted molar refractivity (Wildman–Crippen MR) is 61.1 cm³/mol. The molecular formula is C10H16BrN3. The van der Waals surface area contributed by atoms with Crippen molar-refractivity contribution < 1.29 is 0 Å². The van der Waals surface area contributed by atoms with Crippen molar-refractivity contribution in [3.05, 3.63) is 10.2 Å². The van der Waals surface area contributed by atoms with E-state index in [1.165, 1.54) is 12.8 Å². The Kier molecular flexibility index (Phi) is 2.14. The number of aryl methyl sites for hydroxylation is 1. The maximum Gasteiger partial charge on any atom is 0.136 e. The van der Waals surface area contributed by atoms with Gasteiger partial charge in [-0.15, -0.1) is 0 Å². The second kappa shape index (κ2) is 2.99. The number of aromatic nitrogens is 2. The predicted octanol–water partition coefficient (Wildman–Crippen LogP) is 2.90. The van der Waals surface area contributed by atoms with E-state index in [1.807, 2.05) is 11.6 Å². The van der Waals surface area contributed by atoms with E-state index in [2.05, 4.69) is 34.9 Å². The van der Waals surface area contributed by atoms with Crippen molar-refractivity contribution in [2.24, 2.45) is 5.41 Å². The normalized spacial score (nSPS) is 20.9. The Morgan fingerprint density at radius 1 is 1.50 bits per heavy atom. The highest BCUT2D eigenvalue weighted by Crippen LogP contribution is 2.48. The third-order valence-corrected chi connectivity index (χ3v) is 3.95. The molecule has 2 rings (SSSR count). The summed E-state index contributed by atoms with van der Waals surface area (Å²) in [4.78, 5) is 0. The summed E-state index contributed by atoms with van der Waals surface area (Å²) in [6, 6.07) is 0.495. The fraction of sp³-hybridized carbons (Fsp3) is 0.700. The van der Waals surface area contributed by atoms with Crippen molar-refractivity contribution >= 4 is 21.7 Å². The van der Waals surface area contributed by atoms with Crippen LogP contribution in [0.2, 0.25) is 0 Å². The van der Waals surface area contributed by atoms with Crippen molar-refractivity contribution in [1.29, 1.82) is 0 Å². The molecule has 2 N–H and O–H groups in total. The molecule has 0 bridgehead atoms. The SMILES string of the molecule is Cc1nn(C2CC(C)(C)C2)c(N)c1Br. The van der Waals surface area contributed by atoms with E-state index < -0.39 is 0 Å². The Morgan fingerprint density at radius 3 is 2.43 bits per heavy atom. The number of nitrogen functional groups attached to an aromatic ring is 1. The molecule has 0 radical (unpaired) electrons. The number of hydrogen-bond donors (Lipinski definition) is 1. The Labute approximate surface area is 92.8 Å². The molecule has 4 heteroatoms. The summed E-state index contributed by atoms with van der Waals surface area (Å²) < 4.78 is 2.91. The first-order chi connectivity index (χ1) is 6.41. The molecule has 0 aromatic carbocycles. The molecule has 1 aliphatic carbocycles. The molecular weight excluding hydrogens is 242 g/mol. The smallest absolute Gasteiger partial charge is 0.136 e. The molecule has 0 saturated heterocycles. The van der Waals surface area contributed by atoms with E-state index in [0.717, 1.165) is 16.0 Å². The molecule has 0 spiro atoms. The van der Waals surface area contributed by atoms with Gasteiger partial charge in [-0.05, 0) is 41.1 Å². The van der Waals surface area contributed by atoms with E-state index in [1.54, 1.807) is 0 Å². The Balaban J connectivity index is 2.23. The Hall–Kier alpha value is -0.510. The summed E-state index contributed by atoms with van der Waals surface area (Å²) in [6.45, 7) is 6.54. The summed E-state index contributed by atoms with van der Waals surface area (Å²) in [7, 11) is 0. The molecule has 1 aromatic rings. The second-order valence-electron chi connectivity index (χ2n) is 4.96. The number of halogens is 1. The number of nitrogens with zero attached hydrogens (tertiary/aromatic N) is 2. The summed E-state index contributed by atoms with van der Waals surface area (Å²) in [5.41, 5.74) is 7.40. The van der Waals surface area contributed by atoms with Crippen LogP contribution in [0.5, 0.6) is 0 Å². The summed E-state index contributed by atoms with van der Waals surface area (Å²) in [6.07, 6.45) is 2.34. The molecule has 1 aliphatic rings. The average molecular weight is 258 g/mol. The van der Waals surface area contributed by atoms with E-state index in [0.29, 0.717) is 11.5 Å². The molecule has 0 aliphatic heterocycles. The van der Waals surface area contributed by atoms with Crippen LogP contribution < -0.4 is 5.73 Å². The molecule has 1 fully saturated rings. The Bertz CT molecular complexity index is 360. The lowest BCUT2D eigenvalue weighted by atomic mass is 9.68. The van der Waals surface area contributed by atoms with Gasteiger partial charge in [0.05, 0.1) is 16.2 Å². The lowest BCUT2D eigenvalue weighted by molar-refractivity contribution is 0.0963. The molecule has 0 atom stereocenters. The van der Waals surface area contributed by atoms with Crippen LogP contribution in [0.15, 0.2) is 4.47 Å². The zero-order valence-corrected chi connectivity index (χ0v) is 10.4. The average Bonchev–Trinajstić information content (AvgIpc) is 2.28. The molecule has 78 valence electrons. The standard InChI is InChI=1S/C10H16BrN3/c1-6-8(11)9(12)14(13-6)7-4-10(2,3)5-7/h7H,4-5,12H2,1-3H3. The molecule has 14 heavy (non-hydrogen) atoms. The monoisotopic (exact) mass is 257 g/mol. The largest absolute Gasteiger partial charge is 0.383 e. The number of nitrogens with two attached hydrogens (primary N) is 1. The van der Waals surface area contributed by atoms with Crippen LogP contribution in [0.3, 0.4) is 0 Å². The maximum absolute atomic E-state index is 5.96. The molecule has 3 nitrogen and oxygen atoms in total. The fourth-order valence-corrected chi connectivity index (χ4v) is 2.47. The van der Waals surface area contributed by atoms with Gasteiger partial charge in [0.2, 0.25) is 0 Å². The lowest BCUT2D eigenvalue weighted by Crippen LogP contribution is -2.34. The highest BCUT2D eigenvalue weighted by Gasteiger charge is 2.38. The quantitative estimate of drug-likeness (QED) is 0.841. The van der Waals surface area contributed by atoms with Gasteiger partial charge in [0, 0.05) is 0 Å². The molecule has 1 aromatic heterocycles. The molecule has 0 amide bonds. The molecule has 1 saturated carbocycles. The number of hydrogen-bond acceptors (Lipinski definition) is 2. The van der Waals surface area contributed by atoms with Crippen LogP contribution in [0.25, 0.3) is 0 Å². The summed E-state index contributed by atoms with van der Waals surface area (Å²) in [5, 5.41) is 4.44. The summed E-state index contributed by atoms with van der Waals surface area (Å²) >= 11 is 3.44. The first-order valence-corrected chi connectivity index (χ1v) is 5.70. The zero-order valence-electron chi connectivity index (χ0n) is 8.84. The summed E-state index contributed by atoms with van der Waals surface area (Å²) in [5.74, 6) is 0.767. The van der Waals surface area contributed by atoms with Gasteiger partial charge in [-0.3, -0.25) is 0 Å². The highest BCUT2D eigenvalue weighted by molar-refractivity contribution is 9.10.